The molecule has 17 heavy (non-hydrogen) atoms. The molecule has 0 heterocycles. The Morgan fingerprint density at radius 2 is 1.88 bits per heavy atom. The van der Waals surface area contributed by atoms with Crippen LogP contribution in [-0.4, -0.2) is 47.3 Å². The Labute approximate surface area is 98.3 Å². The molecule has 0 saturated carbocycles. The summed E-state index contributed by atoms with van der Waals surface area (Å²) in [6, 6.07) is 3.95. The lowest BCUT2D eigenvalue weighted by Crippen LogP contribution is -2.36. The maximum Gasteiger partial charge on any atom is 0.256 e. The monoisotopic (exact) mass is 242 g/mol. The predicted octanol–water partition coefficient (Wildman–Crippen LogP) is -0.165. The van der Waals surface area contributed by atoms with Crippen molar-refractivity contribution in [2.24, 2.45) is 0 Å². The Bertz CT molecular complexity index is 392. The molecule has 94 valence electrons. The number of halogens is 1. The Morgan fingerprint density at radius 1 is 1.29 bits per heavy atom. The van der Waals surface area contributed by atoms with Crippen molar-refractivity contribution in [2.45, 2.75) is 0 Å². The summed E-state index contributed by atoms with van der Waals surface area (Å²) in [5.41, 5.74) is 5.28. The molecule has 0 aliphatic heterocycles. The van der Waals surface area contributed by atoms with E-state index in [1.165, 1.54) is 17.0 Å². The highest BCUT2D eigenvalue weighted by molar-refractivity contribution is 5.99. The average molecular weight is 242 g/mol. The highest BCUT2D eigenvalue weighted by Gasteiger charge is 2.18. The fourth-order valence-corrected chi connectivity index (χ4v) is 1.45. The lowest BCUT2D eigenvalue weighted by Gasteiger charge is -2.21. The summed E-state index contributed by atoms with van der Waals surface area (Å²) in [7, 11) is 0. The van der Waals surface area contributed by atoms with Gasteiger partial charge in [0.2, 0.25) is 0 Å². The molecule has 5 nitrogen and oxygen atoms in total. The van der Waals surface area contributed by atoms with E-state index in [0.29, 0.717) is 0 Å². The van der Waals surface area contributed by atoms with Crippen LogP contribution in [0.3, 0.4) is 0 Å². The van der Waals surface area contributed by atoms with Crippen LogP contribution in [-0.2, 0) is 0 Å². The van der Waals surface area contributed by atoms with Crippen molar-refractivity contribution in [3.05, 3.63) is 29.6 Å². The van der Waals surface area contributed by atoms with Crippen molar-refractivity contribution < 1.29 is 19.4 Å². The van der Waals surface area contributed by atoms with E-state index in [-0.39, 0.29) is 37.6 Å². The number of para-hydroxylation sites is 1. The molecule has 0 aliphatic rings. The van der Waals surface area contributed by atoms with Crippen molar-refractivity contribution >= 4 is 11.6 Å². The third kappa shape index (κ3) is 3.15. The molecule has 0 spiro atoms. The number of rotatable bonds is 5. The Hall–Kier alpha value is -1.66. The quantitative estimate of drug-likeness (QED) is 0.626. The number of nitrogens with zero attached hydrogens (tertiary/aromatic N) is 1. The largest absolute Gasteiger partial charge is 0.396 e. The second-order valence-electron chi connectivity index (χ2n) is 3.44. The van der Waals surface area contributed by atoms with Crippen LogP contribution in [0.25, 0.3) is 0 Å². The number of hydrogen-bond donors (Lipinski definition) is 3. The number of aliphatic hydroxyl groups is 2. The topological polar surface area (TPSA) is 86.8 Å². The number of carbonyl (C=O) groups excluding carboxylic acids is 1. The Balaban J connectivity index is 2.96. The molecule has 0 aromatic heterocycles. The molecular formula is C11H15FN2O3. The number of nitrogens with two attached hydrogens (primary N) is 1. The van der Waals surface area contributed by atoms with E-state index >= 15 is 0 Å². The van der Waals surface area contributed by atoms with E-state index < -0.39 is 11.7 Å². The fraction of sp³-hybridized carbons (Fsp3) is 0.364. The maximum atomic E-state index is 13.2. The summed E-state index contributed by atoms with van der Waals surface area (Å²) in [6.45, 7) is -0.341. The number of hydrogen-bond acceptors (Lipinski definition) is 4. The van der Waals surface area contributed by atoms with Gasteiger partial charge in [0.15, 0.2) is 0 Å². The van der Waals surface area contributed by atoms with Crippen LogP contribution >= 0.6 is 0 Å². The number of benzene rings is 1. The predicted molar refractivity (Wildman–Crippen MR) is 60.9 cm³/mol. The van der Waals surface area contributed by atoms with E-state index in [2.05, 4.69) is 0 Å². The van der Waals surface area contributed by atoms with Crippen LogP contribution < -0.4 is 5.73 Å². The molecule has 6 heteroatoms. The van der Waals surface area contributed by atoms with Gasteiger partial charge in [-0.05, 0) is 12.1 Å². The number of amides is 1. The van der Waals surface area contributed by atoms with Crippen LogP contribution in [0, 0.1) is 5.82 Å². The first-order valence-electron chi connectivity index (χ1n) is 5.16. The van der Waals surface area contributed by atoms with Gasteiger partial charge in [-0.1, -0.05) is 6.07 Å². The van der Waals surface area contributed by atoms with Gasteiger partial charge < -0.3 is 20.8 Å². The van der Waals surface area contributed by atoms with E-state index in [1.54, 1.807) is 0 Å². The van der Waals surface area contributed by atoms with Gasteiger partial charge in [0, 0.05) is 13.1 Å². The highest BCUT2D eigenvalue weighted by Crippen LogP contribution is 2.17. The van der Waals surface area contributed by atoms with E-state index in [1.807, 2.05) is 0 Å². The third-order valence-corrected chi connectivity index (χ3v) is 2.31. The molecule has 1 rings (SSSR count). The first-order chi connectivity index (χ1) is 8.11. The van der Waals surface area contributed by atoms with Gasteiger partial charge in [-0.15, -0.1) is 0 Å². The van der Waals surface area contributed by atoms with Gasteiger partial charge in [0.25, 0.3) is 5.91 Å². The van der Waals surface area contributed by atoms with Gasteiger partial charge in [0.1, 0.15) is 5.82 Å². The van der Waals surface area contributed by atoms with Gasteiger partial charge in [0.05, 0.1) is 24.5 Å². The molecule has 0 unspecified atom stereocenters. The van der Waals surface area contributed by atoms with Gasteiger partial charge in [-0.25, -0.2) is 4.39 Å². The number of carbonyl (C=O) groups is 1. The minimum absolute atomic E-state index is 0.0342. The summed E-state index contributed by atoms with van der Waals surface area (Å²) < 4.78 is 13.2. The summed E-state index contributed by atoms with van der Waals surface area (Å²) in [5, 5.41) is 17.6. The van der Waals surface area contributed by atoms with Crippen LogP contribution in [0.4, 0.5) is 10.1 Å². The maximum absolute atomic E-state index is 13.2. The Morgan fingerprint density at radius 3 is 2.41 bits per heavy atom. The fourth-order valence-electron chi connectivity index (χ4n) is 1.45. The molecule has 0 fully saturated rings. The highest BCUT2D eigenvalue weighted by atomic mass is 19.1. The molecule has 1 aromatic rings. The lowest BCUT2D eigenvalue weighted by molar-refractivity contribution is 0.0685. The zero-order valence-electron chi connectivity index (χ0n) is 9.27. The molecule has 0 bridgehead atoms. The van der Waals surface area contributed by atoms with Gasteiger partial charge >= 0.3 is 0 Å². The number of aliphatic hydroxyl groups excluding tert-OH is 2. The molecule has 1 amide bonds. The second-order valence-corrected chi connectivity index (χ2v) is 3.44. The van der Waals surface area contributed by atoms with Crippen LogP contribution in [0.1, 0.15) is 10.4 Å². The van der Waals surface area contributed by atoms with Crippen molar-refractivity contribution in [3.63, 3.8) is 0 Å². The van der Waals surface area contributed by atoms with Crippen molar-refractivity contribution in [1.82, 2.24) is 4.90 Å². The van der Waals surface area contributed by atoms with Crippen molar-refractivity contribution in [1.29, 1.82) is 0 Å². The Kier molecular flexibility index (Phi) is 4.86. The summed E-state index contributed by atoms with van der Waals surface area (Å²) in [6.07, 6.45) is 0. The summed E-state index contributed by atoms with van der Waals surface area (Å²) in [5.74, 6) is -1.17. The smallest absolute Gasteiger partial charge is 0.256 e. The molecule has 4 N–H and O–H groups in total. The SMILES string of the molecule is Nc1c(F)cccc1C(=O)N(CCO)CCO. The molecule has 0 atom stereocenters. The molecule has 0 radical (unpaired) electrons. The molecular weight excluding hydrogens is 227 g/mol. The minimum atomic E-state index is -0.663. The van der Waals surface area contributed by atoms with Crippen LogP contribution in [0.5, 0.6) is 0 Å². The van der Waals surface area contributed by atoms with Crippen molar-refractivity contribution in [2.75, 3.05) is 32.0 Å². The second kappa shape index (κ2) is 6.17. The zero-order valence-corrected chi connectivity index (χ0v) is 9.27. The first-order valence-corrected chi connectivity index (χ1v) is 5.16. The summed E-state index contributed by atoms with van der Waals surface area (Å²) >= 11 is 0. The van der Waals surface area contributed by atoms with Gasteiger partial charge in [-0.3, -0.25) is 4.79 Å². The molecule has 1 aromatic carbocycles. The van der Waals surface area contributed by atoms with Crippen LogP contribution in [0.15, 0.2) is 18.2 Å². The van der Waals surface area contributed by atoms with Crippen LogP contribution in [0.2, 0.25) is 0 Å². The van der Waals surface area contributed by atoms with E-state index in [9.17, 15) is 9.18 Å². The van der Waals surface area contributed by atoms with Gasteiger partial charge in [-0.2, -0.15) is 0 Å². The zero-order chi connectivity index (χ0) is 12.8. The molecule has 0 aliphatic carbocycles. The first kappa shape index (κ1) is 13.4. The summed E-state index contributed by atoms with van der Waals surface area (Å²) in [4.78, 5) is 13.2. The van der Waals surface area contributed by atoms with Crippen molar-refractivity contribution in [3.8, 4) is 0 Å². The van der Waals surface area contributed by atoms with E-state index in [4.69, 9.17) is 15.9 Å². The number of nitrogen functional groups attached to an aromatic ring is 1. The normalized spacial score (nSPS) is 10.3. The lowest BCUT2D eigenvalue weighted by atomic mass is 10.1. The third-order valence-electron chi connectivity index (χ3n) is 2.31. The number of anilines is 1. The molecule has 0 saturated heterocycles. The average Bonchev–Trinajstić information content (AvgIpc) is 2.31. The minimum Gasteiger partial charge on any atom is -0.396 e. The van der Waals surface area contributed by atoms with E-state index in [0.717, 1.165) is 6.07 Å². The standard InChI is InChI=1S/C11H15FN2O3/c12-9-3-1-2-8(10(9)13)11(17)14(4-6-15)5-7-16/h1-3,15-16H,4-7,13H2.